The zero-order chi connectivity index (χ0) is 30.4. The van der Waals surface area contributed by atoms with Gasteiger partial charge in [0.1, 0.15) is 6.04 Å². The highest BCUT2D eigenvalue weighted by atomic mass is 32.2. The van der Waals surface area contributed by atoms with E-state index in [9.17, 15) is 50.4 Å². The number of amides is 5. The first-order valence-corrected chi connectivity index (χ1v) is 13.9. The Balaban J connectivity index is 1.93. The lowest BCUT2D eigenvalue weighted by Crippen LogP contribution is -2.46. The second-order valence-electron chi connectivity index (χ2n) is 8.06. The van der Waals surface area contributed by atoms with E-state index in [2.05, 4.69) is 25.0 Å². The fourth-order valence-corrected chi connectivity index (χ4v) is 4.67. The van der Waals surface area contributed by atoms with Crippen LogP contribution in [0, 0.1) is 0 Å². The highest BCUT2D eigenvalue weighted by Gasteiger charge is 2.49. The summed E-state index contributed by atoms with van der Waals surface area (Å²) in [7, 11) is -9.93. The van der Waals surface area contributed by atoms with E-state index >= 15 is 0 Å². The standard InChI is InChI=1S/C17H20N6O15S2/c18-21-19-5-4-8(17(30)38-23-13(26)7-10(16(23)29)40(34,35)36)20-11(24)2-1-3-14(27)37-22-12(25)6-9(15(22)28)39(31,32)33/h8-10H,1-7H2,(H,20,24)(H,31,32,33)(H,34,35,36). The van der Waals surface area contributed by atoms with E-state index in [0.717, 1.165) is 0 Å². The molecule has 0 aromatic rings. The number of rotatable bonds is 13. The van der Waals surface area contributed by atoms with Gasteiger partial charge in [-0.1, -0.05) is 5.11 Å². The number of hydroxylamine groups is 4. The maximum absolute atomic E-state index is 12.5. The highest BCUT2D eigenvalue weighted by Crippen LogP contribution is 2.21. The smallest absolute Gasteiger partial charge is 0.343 e. The lowest BCUT2D eigenvalue weighted by molar-refractivity contribution is -0.199. The summed E-state index contributed by atoms with van der Waals surface area (Å²) in [4.78, 5) is 95.7. The Morgan fingerprint density at radius 3 is 1.90 bits per heavy atom. The molecular weight excluding hydrogens is 592 g/mol. The summed E-state index contributed by atoms with van der Waals surface area (Å²) in [5, 5.41) is 0.627. The summed E-state index contributed by atoms with van der Waals surface area (Å²) in [6, 6.07) is -1.65. The van der Waals surface area contributed by atoms with Crippen molar-refractivity contribution in [2.45, 2.75) is 55.1 Å². The third kappa shape index (κ3) is 8.16. The highest BCUT2D eigenvalue weighted by molar-refractivity contribution is 7.87. The Bertz CT molecular complexity index is 1390. The number of carbonyl (C=O) groups excluding carboxylic acids is 7. The van der Waals surface area contributed by atoms with Crippen LogP contribution in [-0.2, 0) is 63.5 Å². The molecule has 3 N–H and O–H groups in total. The molecule has 0 radical (unpaired) electrons. The van der Waals surface area contributed by atoms with Crippen LogP contribution in [0.1, 0.15) is 38.5 Å². The lowest BCUT2D eigenvalue weighted by atomic mass is 10.2. The molecule has 2 aliphatic heterocycles. The average molecular weight is 613 g/mol. The van der Waals surface area contributed by atoms with E-state index in [4.69, 9.17) is 14.6 Å². The molecule has 40 heavy (non-hydrogen) atoms. The van der Waals surface area contributed by atoms with Crippen molar-refractivity contribution in [3.63, 3.8) is 0 Å². The molecule has 0 bridgehead atoms. The van der Waals surface area contributed by atoms with Crippen molar-refractivity contribution in [3.05, 3.63) is 10.4 Å². The maximum atomic E-state index is 12.5. The van der Waals surface area contributed by atoms with Gasteiger partial charge in [0.05, 0.1) is 12.8 Å². The molecule has 2 aliphatic rings. The summed E-state index contributed by atoms with van der Waals surface area (Å²) in [6.07, 6.45) is -3.78. The quantitative estimate of drug-likeness (QED) is 0.0625. The van der Waals surface area contributed by atoms with E-state index in [1.807, 2.05) is 0 Å². The number of hydrogen-bond donors (Lipinski definition) is 3. The van der Waals surface area contributed by atoms with E-state index < -0.39 is 110 Å². The van der Waals surface area contributed by atoms with Gasteiger partial charge < -0.3 is 15.0 Å². The summed E-state index contributed by atoms with van der Waals surface area (Å²) in [6.45, 7) is -0.388. The van der Waals surface area contributed by atoms with Crippen molar-refractivity contribution >= 4 is 61.7 Å². The minimum atomic E-state index is -4.99. The number of azide groups is 1. The molecule has 0 spiro atoms. The second-order valence-corrected chi connectivity index (χ2v) is 11.3. The number of hydrogen-bond acceptors (Lipinski definition) is 14. The summed E-state index contributed by atoms with van der Waals surface area (Å²) in [5.74, 6) is -9.14. The molecule has 2 saturated heterocycles. The third-order valence-electron chi connectivity index (χ3n) is 5.20. The number of nitrogens with zero attached hydrogens (tertiary/aromatic N) is 5. The summed E-state index contributed by atoms with van der Waals surface area (Å²) < 4.78 is 62.6. The third-order valence-corrected chi connectivity index (χ3v) is 7.38. The van der Waals surface area contributed by atoms with Crippen LogP contribution in [0.4, 0.5) is 0 Å². The largest absolute Gasteiger partial charge is 0.355 e. The van der Waals surface area contributed by atoms with Crippen LogP contribution >= 0.6 is 0 Å². The topological polar surface area (TPSA) is 314 Å². The monoisotopic (exact) mass is 612 g/mol. The average Bonchev–Trinajstić information content (AvgIpc) is 3.28. The van der Waals surface area contributed by atoms with Crippen LogP contribution in [0.25, 0.3) is 10.4 Å². The minimum Gasteiger partial charge on any atom is -0.343 e. The van der Waals surface area contributed by atoms with E-state index in [1.165, 1.54) is 0 Å². The van der Waals surface area contributed by atoms with Crippen LogP contribution < -0.4 is 5.32 Å². The van der Waals surface area contributed by atoms with E-state index in [-0.39, 0.29) is 23.1 Å². The molecule has 23 heteroatoms. The van der Waals surface area contributed by atoms with Gasteiger partial charge in [-0.15, -0.1) is 10.1 Å². The normalized spacial score (nSPS) is 20.2. The zero-order valence-electron chi connectivity index (χ0n) is 19.9. The van der Waals surface area contributed by atoms with Crippen LogP contribution in [0.2, 0.25) is 0 Å². The molecule has 2 fully saturated rings. The molecule has 2 heterocycles. The Morgan fingerprint density at radius 1 is 0.950 bits per heavy atom. The van der Waals surface area contributed by atoms with Gasteiger partial charge in [0.15, 0.2) is 10.5 Å². The lowest BCUT2D eigenvalue weighted by Gasteiger charge is -2.20. The van der Waals surface area contributed by atoms with Crippen molar-refractivity contribution in [3.8, 4) is 0 Å². The van der Waals surface area contributed by atoms with Crippen molar-refractivity contribution in [1.29, 1.82) is 0 Å². The van der Waals surface area contributed by atoms with Gasteiger partial charge in [0.25, 0.3) is 43.9 Å². The number of imide groups is 2. The molecule has 0 aliphatic carbocycles. The molecule has 21 nitrogen and oxygen atoms in total. The minimum absolute atomic E-state index is 0.129. The van der Waals surface area contributed by atoms with Crippen molar-refractivity contribution in [1.82, 2.24) is 15.4 Å². The Morgan fingerprint density at radius 2 is 1.45 bits per heavy atom. The Kier molecular flexibility index (Phi) is 10.2. The molecule has 5 amide bonds. The molecule has 2 rings (SSSR count). The molecule has 0 aromatic heterocycles. The van der Waals surface area contributed by atoms with Gasteiger partial charge in [0.2, 0.25) is 5.91 Å². The first-order valence-electron chi connectivity index (χ1n) is 10.9. The number of nitrogens with one attached hydrogen (secondary N) is 1. The Labute approximate surface area is 223 Å². The molecule has 3 atom stereocenters. The molecule has 0 aromatic carbocycles. The van der Waals surface area contributed by atoms with Gasteiger partial charge in [-0.25, -0.2) is 9.59 Å². The van der Waals surface area contributed by atoms with Crippen LogP contribution in [0.15, 0.2) is 5.11 Å². The van der Waals surface area contributed by atoms with E-state index in [1.54, 1.807) is 0 Å². The first kappa shape index (κ1) is 32.0. The van der Waals surface area contributed by atoms with Crippen LogP contribution in [-0.4, -0.2) is 101 Å². The van der Waals surface area contributed by atoms with Gasteiger partial charge >= 0.3 is 11.9 Å². The van der Waals surface area contributed by atoms with Gasteiger partial charge in [-0.2, -0.15) is 16.8 Å². The zero-order valence-corrected chi connectivity index (χ0v) is 21.6. The van der Waals surface area contributed by atoms with Crippen LogP contribution in [0.5, 0.6) is 0 Å². The molecular formula is C17H20N6O15S2. The maximum Gasteiger partial charge on any atom is 0.355 e. The van der Waals surface area contributed by atoms with Gasteiger partial charge in [-0.05, 0) is 18.4 Å². The van der Waals surface area contributed by atoms with Crippen molar-refractivity contribution < 1.29 is 69.2 Å². The fourth-order valence-electron chi connectivity index (χ4n) is 3.26. The summed E-state index contributed by atoms with van der Waals surface area (Å²) in [5.41, 5.74) is 8.41. The molecule has 3 unspecified atom stereocenters. The Hall–Kier alpha value is -4.18. The SMILES string of the molecule is [N-]=[N+]=NCCC(NC(=O)CCCC(=O)ON1C(=O)CC(S(=O)(=O)O)C1=O)C(=O)ON1C(=O)CC(S(=O)(=O)O)C1=O. The van der Waals surface area contributed by atoms with Gasteiger partial charge in [0, 0.05) is 24.3 Å². The predicted octanol–water partition coefficient (Wildman–Crippen LogP) is -2.71. The van der Waals surface area contributed by atoms with Crippen molar-refractivity contribution in [2.75, 3.05) is 6.54 Å². The molecule has 0 saturated carbocycles. The van der Waals surface area contributed by atoms with Crippen molar-refractivity contribution in [2.24, 2.45) is 5.11 Å². The van der Waals surface area contributed by atoms with Gasteiger partial charge in [-0.3, -0.25) is 33.1 Å². The predicted molar refractivity (Wildman–Crippen MR) is 120 cm³/mol. The first-order chi connectivity index (χ1) is 18.5. The molecule has 220 valence electrons. The summed E-state index contributed by atoms with van der Waals surface area (Å²) >= 11 is 0. The number of carbonyl (C=O) groups is 7. The van der Waals surface area contributed by atoms with E-state index in [0.29, 0.717) is 0 Å². The van der Waals surface area contributed by atoms with Crippen LogP contribution in [0.3, 0.4) is 0 Å². The fraction of sp³-hybridized carbons (Fsp3) is 0.588. The second kappa shape index (κ2) is 12.8.